The summed E-state index contributed by atoms with van der Waals surface area (Å²) in [7, 11) is 1.77. The average Bonchev–Trinajstić information content (AvgIpc) is 2.31. The van der Waals surface area contributed by atoms with Gasteiger partial charge in [-0.25, -0.2) is 0 Å². The normalized spacial score (nSPS) is 14.1. The van der Waals surface area contributed by atoms with Crippen molar-refractivity contribution in [2.75, 3.05) is 20.3 Å². The molecule has 0 spiro atoms. The summed E-state index contributed by atoms with van der Waals surface area (Å²) in [4.78, 5) is 0. The number of hydrogen-bond acceptors (Lipinski definition) is 2. The third kappa shape index (κ3) is 7.89. The SMILES string of the molecule is CCCCC(/C=C(/CCCN)COC)CC. The number of nitrogens with two attached hydrogens (primary N) is 1. The van der Waals surface area contributed by atoms with Crippen molar-refractivity contribution >= 4 is 0 Å². The monoisotopic (exact) mass is 227 g/mol. The summed E-state index contributed by atoms with van der Waals surface area (Å²) >= 11 is 0. The Balaban J connectivity index is 4.20. The first-order valence-corrected chi connectivity index (χ1v) is 6.66. The minimum atomic E-state index is 0.725. The molecule has 0 aromatic heterocycles. The lowest BCUT2D eigenvalue weighted by Crippen LogP contribution is -2.04. The van der Waals surface area contributed by atoms with Crippen LogP contribution in [0.2, 0.25) is 0 Å². The van der Waals surface area contributed by atoms with Crippen molar-refractivity contribution in [3.8, 4) is 0 Å². The zero-order chi connectivity index (χ0) is 12.2. The average molecular weight is 227 g/mol. The van der Waals surface area contributed by atoms with Gasteiger partial charge in [-0.2, -0.15) is 0 Å². The van der Waals surface area contributed by atoms with E-state index in [0.29, 0.717) is 0 Å². The number of allylic oxidation sites excluding steroid dienone is 1. The van der Waals surface area contributed by atoms with Gasteiger partial charge in [-0.15, -0.1) is 0 Å². The van der Waals surface area contributed by atoms with Crippen LogP contribution in [0, 0.1) is 5.92 Å². The van der Waals surface area contributed by atoms with Crippen LogP contribution >= 0.6 is 0 Å². The molecule has 0 heterocycles. The smallest absolute Gasteiger partial charge is 0.0673 e. The van der Waals surface area contributed by atoms with Gasteiger partial charge in [0.15, 0.2) is 0 Å². The Kier molecular flexibility index (Phi) is 10.9. The highest BCUT2D eigenvalue weighted by Gasteiger charge is 2.05. The predicted octanol–water partition coefficient (Wildman–Crippen LogP) is 3.51. The summed E-state index contributed by atoms with van der Waals surface area (Å²) in [5, 5.41) is 0. The summed E-state index contributed by atoms with van der Waals surface area (Å²) in [5.74, 6) is 0.725. The van der Waals surface area contributed by atoms with E-state index in [1.54, 1.807) is 7.11 Å². The molecular weight excluding hydrogens is 198 g/mol. The highest BCUT2D eigenvalue weighted by atomic mass is 16.5. The summed E-state index contributed by atoms with van der Waals surface area (Å²) in [6.45, 7) is 6.06. The van der Waals surface area contributed by atoms with Crippen LogP contribution in [-0.2, 0) is 4.74 Å². The second-order valence-electron chi connectivity index (χ2n) is 4.46. The van der Waals surface area contributed by atoms with Crippen LogP contribution in [0.3, 0.4) is 0 Å². The molecule has 2 heteroatoms. The Bertz CT molecular complexity index is 178. The fraction of sp³-hybridized carbons (Fsp3) is 0.857. The molecule has 0 saturated carbocycles. The predicted molar refractivity (Wildman–Crippen MR) is 71.6 cm³/mol. The lowest BCUT2D eigenvalue weighted by Gasteiger charge is -2.13. The molecule has 0 saturated heterocycles. The van der Waals surface area contributed by atoms with Crippen molar-refractivity contribution in [1.29, 1.82) is 0 Å². The van der Waals surface area contributed by atoms with Crippen LogP contribution in [0.25, 0.3) is 0 Å². The first kappa shape index (κ1) is 15.7. The third-order valence-corrected chi connectivity index (χ3v) is 2.96. The lowest BCUT2D eigenvalue weighted by molar-refractivity contribution is 0.221. The van der Waals surface area contributed by atoms with Crippen LogP contribution in [0.4, 0.5) is 0 Å². The van der Waals surface area contributed by atoms with Crippen LogP contribution in [-0.4, -0.2) is 20.3 Å². The zero-order valence-corrected chi connectivity index (χ0v) is 11.3. The standard InChI is InChI=1S/C14H29NO/c1-4-6-8-13(5-2)11-14(12-16-3)9-7-10-15/h11,13H,4-10,12,15H2,1-3H3/b14-11-. The highest BCUT2D eigenvalue weighted by Crippen LogP contribution is 2.18. The van der Waals surface area contributed by atoms with Gasteiger partial charge in [0.05, 0.1) is 6.61 Å². The van der Waals surface area contributed by atoms with Gasteiger partial charge in [-0.3, -0.25) is 0 Å². The fourth-order valence-electron chi connectivity index (χ4n) is 1.92. The van der Waals surface area contributed by atoms with E-state index in [0.717, 1.165) is 31.9 Å². The molecule has 1 unspecified atom stereocenters. The first-order valence-electron chi connectivity index (χ1n) is 6.66. The molecule has 2 nitrogen and oxygen atoms in total. The van der Waals surface area contributed by atoms with Gasteiger partial charge in [0.2, 0.25) is 0 Å². The van der Waals surface area contributed by atoms with E-state index in [1.165, 1.54) is 31.3 Å². The number of ether oxygens (including phenoxy) is 1. The Morgan fingerprint density at radius 2 is 2.06 bits per heavy atom. The van der Waals surface area contributed by atoms with Crippen molar-refractivity contribution < 1.29 is 4.74 Å². The van der Waals surface area contributed by atoms with Crippen molar-refractivity contribution in [1.82, 2.24) is 0 Å². The number of rotatable bonds is 10. The van der Waals surface area contributed by atoms with Gasteiger partial charge in [0.1, 0.15) is 0 Å². The van der Waals surface area contributed by atoms with Crippen molar-refractivity contribution in [2.45, 2.75) is 52.4 Å². The molecule has 0 amide bonds. The molecule has 2 N–H and O–H groups in total. The van der Waals surface area contributed by atoms with Gasteiger partial charge in [0.25, 0.3) is 0 Å². The second-order valence-corrected chi connectivity index (χ2v) is 4.46. The van der Waals surface area contributed by atoms with Crippen molar-refractivity contribution in [3.05, 3.63) is 11.6 Å². The van der Waals surface area contributed by atoms with E-state index in [9.17, 15) is 0 Å². The van der Waals surface area contributed by atoms with E-state index in [-0.39, 0.29) is 0 Å². The van der Waals surface area contributed by atoms with Gasteiger partial charge in [-0.05, 0) is 43.7 Å². The van der Waals surface area contributed by atoms with Gasteiger partial charge >= 0.3 is 0 Å². The zero-order valence-electron chi connectivity index (χ0n) is 11.3. The molecule has 1 atom stereocenters. The topological polar surface area (TPSA) is 35.2 Å². The van der Waals surface area contributed by atoms with Gasteiger partial charge < -0.3 is 10.5 Å². The fourth-order valence-corrected chi connectivity index (χ4v) is 1.92. The molecule has 16 heavy (non-hydrogen) atoms. The minimum Gasteiger partial charge on any atom is -0.380 e. The van der Waals surface area contributed by atoms with E-state index >= 15 is 0 Å². The molecule has 96 valence electrons. The summed E-state index contributed by atoms with van der Waals surface area (Å²) in [5.41, 5.74) is 6.98. The van der Waals surface area contributed by atoms with Gasteiger partial charge in [-0.1, -0.05) is 32.8 Å². The third-order valence-electron chi connectivity index (χ3n) is 2.96. The maximum absolute atomic E-state index is 5.55. The molecule has 0 bridgehead atoms. The van der Waals surface area contributed by atoms with Crippen LogP contribution in [0.5, 0.6) is 0 Å². The quantitative estimate of drug-likeness (QED) is 0.580. The molecule has 0 aromatic carbocycles. The number of methoxy groups -OCH3 is 1. The van der Waals surface area contributed by atoms with Crippen LogP contribution < -0.4 is 5.73 Å². The summed E-state index contributed by atoms with van der Waals surface area (Å²) in [6.07, 6.45) is 9.73. The molecule has 0 aliphatic rings. The van der Waals surface area contributed by atoms with E-state index in [4.69, 9.17) is 10.5 Å². The number of unbranched alkanes of at least 4 members (excludes halogenated alkanes) is 1. The van der Waals surface area contributed by atoms with Crippen molar-refractivity contribution in [2.24, 2.45) is 11.7 Å². The first-order chi connectivity index (χ1) is 7.78. The second kappa shape index (κ2) is 11.2. The molecular formula is C14H29NO. The van der Waals surface area contributed by atoms with Crippen LogP contribution in [0.15, 0.2) is 11.6 Å². The largest absolute Gasteiger partial charge is 0.380 e. The van der Waals surface area contributed by atoms with E-state index in [2.05, 4.69) is 19.9 Å². The molecule has 0 aliphatic heterocycles. The van der Waals surface area contributed by atoms with E-state index < -0.39 is 0 Å². The van der Waals surface area contributed by atoms with Gasteiger partial charge in [0, 0.05) is 7.11 Å². The molecule has 0 fully saturated rings. The Morgan fingerprint density at radius 1 is 1.31 bits per heavy atom. The number of hydrogen-bond donors (Lipinski definition) is 1. The maximum atomic E-state index is 5.55. The minimum absolute atomic E-state index is 0.725. The van der Waals surface area contributed by atoms with E-state index in [1.807, 2.05) is 0 Å². The van der Waals surface area contributed by atoms with Crippen molar-refractivity contribution in [3.63, 3.8) is 0 Å². The maximum Gasteiger partial charge on any atom is 0.0673 e. The molecule has 0 aliphatic carbocycles. The highest BCUT2D eigenvalue weighted by molar-refractivity contribution is 5.05. The molecule has 0 rings (SSSR count). The van der Waals surface area contributed by atoms with Crippen LogP contribution in [0.1, 0.15) is 52.4 Å². The summed E-state index contributed by atoms with van der Waals surface area (Å²) < 4.78 is 5.24. The Morgan fingerprint density at radius 3 is 2.56 bits per heavy atom. The Hall–Kier alpha value is -0.340. The summed E-state index contributed by atoms with van der Waals surface area (Å²) in [6, 6.07) is 0. The Labute approximate surface area is 101 Å². The lowest BCUT2D eigenvalue weighted by atomic mass is 9.95. The molecule has 0 aromatic rings. The molecule has 0 radical (unpaired) electrons.